The van der Waals surface area contributed by atoms with Crippen molar-refractivity contribution in [3.63, 3.8) is 0 Å². The third kappa shape index (κ3) is 7.10. The Morgan fingerprint density at radius 3 is 2.79 bits per heavy atom. The van der Waals surface area contributed by atoms with E-state index >= 15 is 0 Å². The van der Waals surface area contributed by atoms with Crippen molar-refractivity contribution in [1.29, 1.82) is 0 Å². The molecule has 1 aromatic rings. The van der Waals surface area contributed by atoms with Crippen LogP contribution in [0.5, 0.6) is 0 Å². The van der Waals surface area contributed by atoms with E-state index in [0.29, 0.717) is 12.1 Å². The van der Waals surface area contributed by atoms with Crippen molar-refractivity contribution in [1.82, 2.24) is 10.3 Å². The van der Waals surface area contributed by atoms with Crippen LogP contribution in [0.3, 0.4) is 0 Å². The molecule has 138 valence electrons. The van der Waals surface area contributed by atoms with Gasteiger partial charge in [0.15, 0.2) is 5.13 Å². The van der Waals surface area contributed by atoms with Gasteiger partial charge in [0.2, 0.25) is 0 Å². The summed E-state index contributed by atoms with van der Waals surface area (Å²) in [5, 5.41) is 7.01. The molecule has 2 heterocycles. The Kier molecular flexibility index (Phi) is 9.74. The molecule has 0 radical (unpaired) electrons. The molecule has 1 aliphatic rings. The van der Waals surface area contributed by atoms with E-state index in [1.54, 1.807) is 11.3 Å². The van der Waals surface area contributed by atoms with E-state index in [0.717, 1.165) is 6.54 Å². The Hall–Kier alpha value is -0.610. The molecule has 0 bridgehead atoms. The van der Waals surface area contributed by atoms with Gasteiger partial charge in [-0.15, -0.1) is 11.3 Å². The molecule has 2 unspecified atom stereocenters. The summed E-state index contributed by atoms with van der Waals surface area (Å²) in [5.74, 6) is 0. The van der Waals surface area contributed by atoms with Crippen molar-refractivity contribution in [2.45, 2.75) is 96.6 Å². The predicted molar refractivity (Wildman–Crippen MR) is 107 cm³/mol. The van der Waals surface area contributed by atoms with Gasteiger partial charge in [0, 0.05) is 30.2 Å². The first kappa shape index (κ1) is 19.7. The smallest absolute Gasteiger partial charge is 0.185 e. The second-order valence-corrected chi connectivity index (χ2v) is 8.22. The first-order chi connectivity index (χ1) is 11.8. The molecule has 2 rings (SSSR count). The minimum absolute atomic E-state index is 0.603. The van der Waals surface area contributed by atoms with Crippen LogP contribution in [0.25, 0.3) is 0 Å². The Morgan fingerprint density at radius 1 is 1.25 bits per heavy atom. The minimum atomic E-state index is 0.603. The molecule has 2 atom stereocenters. The number of piperidine rings is 1. The van der Waals surface area contributed by atoms with Gasteiger partial charge < -0.3 is 10.2 Å². The van der Waals surface area contributed by atoms with Crippen LogP contribution in [-0.4, -0.2) is 30.2 Å². The van der Waals surface area contributed by atoms with Crippen molar-refractivity contribution in [2.24, 2.45) is 0 Å². The van der Waals surface area contributed by atoms with Gasteiger partial charge in [-0.25, -0.2) is 4.98 Å². The number of nitrogens with zero attached hydrogens (tertiary/aromatic N) is 2. The van der Waals surface area contributed by atoms with Crippen molar-refractivity contribution in [3.8, 4) is 0 Å². The normalized spacial score (nSPS) is 19.3. The van der Waals surface area contributed by atoms with Gasteiger partial charge >= 0.3 is 0 Å². The topological polar surface area (TPSA) is 28.2 Å². The van der Waals surface area contributed by atoms with Crippen molar-refractivity contribution < 1.29 is 0 Å². The number of anilines is 1. The molecule has 0 aromatic carbocycles. The zero-order chi connectivity index (χ0) is 17.0. The molecule has 0 amide bonds. The van der Waals surface area contributed by atoms with Gasteiger partial charge in [0.25, 0.3) is 0 Å². The largest absolute Gasteiger partial charge is 0.345 e. The summed E-state index contributed by atoms with van der Waals surface area (Å²) < 4.78 is 0. The molecule has 1 fully saturated rings. The SMILES string of the molecule is CCCCCCCCC(C)N(CCC1CCCCN1)c1nccs1. The van der Waals surface area contributed by atoms with Gasteiger partial charge in [-0.05, 0) is 39.2 Å². The third-order valence-corrected chi connectivity index (χ3v) is 6.11. The van der Waals surface area contributed by atoms with Gasteiger partial charge in [0.1, 0.15) is 0 Å². The number of thiazole rings is 1. The lowest BCUT2D eigenvalue weighted by Gasteiger charge is -2.32. The molecule has 0 spiro atoms. The standard InChI is InChI=1S/C20H37N3S/c1-3-4-5-6-7-8-11-18(2)23(20-22-15-17-24-20)16-13-19-12-9-10-14-21-19/h15,17-19,21H,3-14,16H2,1-2H3. The number of hydrogen-bond donors (Lipinski definition) is 1. The third-order valence-electron chi connectivity index (χ3n) is 5.30. The first-order valence-electron chi connectivity index (χ1n) is 10.2. The van der Waals surface area contributed by atoms with Crippen LogP contribution in [-0.2, 0) is 0 Å². The number of rotatable bonds is 12. The fourth-order valence-corrected chi connectivity index (χ4v) is 4.48. The van der Waals surface area contributed by atoms with E-state index in [1.165, 1.54) is 82.3 Å². The van der Waals surface area contributed by atoms with Crippen LogP contribution in [0.4, 0.5) is 5.13 Å². The van der Waals surface area contributed by atoms with E-state index in [1.807, 2.05) is 6.20 Å². The van der Waals surface area contributed by atoms with E-state index < -0.39 is 0 Å². The maximum atomic E-state index is 4.59. The number of hydrogen-bond acceptors (Lipinski definition) is 4. The highest BCUT2D eigenvalue weighted by atomic mass is 32.1. The van der Waals surface area contributed by atoms with Crippen molar-refractivity contribution in [2.75, 3.05) is 18.0 Å². The second kappa shape index (κ2) is 11.9. The highest BCUT2D eigenvalue weighted by Gasteiger charge is 2.19. The lowest BCUT2D eigenvalue weighted by molar-refractivity contribution is 0.378. The predicted octanol–water partition coefficient (Wildman–Crippen LogP) is 5.62. The number of nitrogens with one attached hydrogen (secondary N) is 1. The van der Waals surface area contributed by atoms with Gasteiger partial charge in [-0.3, -0.25) is 0 Å². The van der Waals surface area contributed by atoms with Crippen LogP contribution in [0.1, 0.15) is 84.5 Å². The molecule has 1 N–H and O–H groups in total. The fourth-order valence-electron chi connectivity index (χ4n) is 3.70. The van der Waals surface area contributed by atoms with Crippen LogP contribution >= 0.6 is 11.3 Å². The Labute approximate surface area is 153 Å². The highest BCUT2D eigenvalue weighted by Crippen LogP contribution is 2.24. The summed E-state index contributed by atoms with van der Waals surface area (Å²) in [5.41, 5.74) is 0. The summed E-state index contributed by atoms with van der Waals surface area (Å²) >= 11 is 1.79. The zero-order valence-corrected chi connectivity index (χ0v) is 16.6. The van der Waals surface area contributed by atoms with Crippen LogP contribution in [0.15, 0.2) is 11.6 Å². The lowest BCUT2D eigenvalue weighted by atomic mass is 10.0. The first-order valence-corrected chi connectivity index (χ1v) is 11.1. The maximum absolute atomic E-state index is 4.59. The quantitative estimate of drug-likeness (QED) is 0.495. The number of unbranched alkanes of at least 4 members (excludes halogenated alkanes) is 5. The molecular formula is C20H37N3S. The summed E-state index contributed by atoms with van der Waals surface area (Å²) in [6.45, 7) is 7.02. The van der Waals surface area contributed by atoms with Gasteiger partial charge in [0.05, 0.1) is 0 Å². The van der Waals surface area contributed by atoms with Crippen LogP contribution in [0, 0.1) is 0 Å². The molecule has 1 saturated heterocycles. The number of aromatic nitrogens is 1. The molecule has 4 heteroatoms. The maximum Gasteiger partial charge on any atom is 0.185 e. The molecule has 24 heavy (non-hydrogen) atoms. The molecular weight excluding hydrogens is 314 g/mol. The van der Waals surface area contributed by atoms with Crippen LogP contribution in [0.2, 0.25) is 0 Å². The monoisotopic (exact) mass is 351 g/mol. The fraction of sp³-hybridized carbons (Fsp3) is 0.850. The summed E-state index contributed by atoms with van der Waals surface area (Å²) in [6.07, 6.45) is 16.9. The summed E-state index contributed by atoms with van der Waals surface area (Å²) in [6, 6.07) is 1.31. The Morgan fingerprint density at radius 2 is 2.08 bits per heavy atom. The Bertz CT molecular complexity index is 401. The molecule has 1 aromatic heterocycles. The van der Waals surface area contributed by atoms with Gasteiger partial charge in [-0.1, -0.05) is 51.9 Å². The summed E-state index contributed by atoms with van der Waals surface area (Å²) in [4.78, 5) is 7.16. The average molecular weight is 352 g/mol. The molecule has 0 aliphatic carbocycles. The lowest BCUT2D eigenvalue weighted by Crippen LogP contribution is -2.40. The van der Waals surface area contributed by atoms with Gasteiger partial charge in [-0.2, -0.15) is 0 Å². The summed E-state index contributed by atoms with van der Waals surface area (Å²) in [7, 11) is 0. The highest BCUT2D eigenvalue weighted by molar-refractivity contribution is 7.13. The molecule has 3 nitrogen and oxygen atoms in total. The van der Waals surface area contributed by atoms with E-state index in [4.69, 9.17) is 0 Å². The molecule has 1 aliphatic heterocycles. The zero-order valence-electron chi connectivity index (χ0n) is 15.8. The van der Waals surface area contributed by atoms with E-state index in [9.17, 15) is 0 Å². The second-order valence-electron chi connectivity index (χ2n) is 7.35. The average Bonchev–Trinajstić information content (AvgIpc) is 3.13. The Balaban J connectivity index is 1.75. The van der Waals surface area contributed by atoms with Crippen LogP contribution < -0.4 is 10.2 Å². The minimum Gasteiger partial charge on any atom is -0.345 e. The van der Waals surface area contributed by atoms with Crippen molar-refractivity contribution in [3.05, 3.63) is 11.6 Å². The molecule has 0 saturated carbocycles. The van der Waals surface area contributed by atoms with Crippen molar-refractivity contribution >= 4 is 16.5 Å². The van der Waals surface area contributed by atoms with E-state index in [-0.39, 0.29) is 0 Å². The van der Waals surface area contributed by atoms with E-state index in [2.05, 4.69) is 34.4 Å².